The molecule has 0 aromatic carbocycles. The van der Waals surface area contributed by atoms with Crippen molar-refractivity contribution < 1.29 is 38.0 Å². The van der Waals surface area contributed by atoms with Crippen LogP contribution < -0.4 is 5.32 Å². The number of rotatable bonds is 17. The van der Waals surface area contributed by atoms with Crippen molar-refractivity contribution in [2.45, 2.75) is 43.6 Å². The average molecular weight is 405 g/mol. The number of methoxy groups -OCH3 is 3. The van der Waals surface area contributed by atoms with E-state index in [0.29, 0.717) is 46.0 Å². The molecule has 4 unspecified atom stereocenters. The number of nitrogens with one attached hydrogen (secondary N) is 1. The largest absolute Gasteiger partial charge is 0.385 e. The lowest BCUT2D eigenvalue weighted by Gasteiger charge is -2.22. The lowest BCUT2D eigenvalue weighted by Crippen LogP contribution is -2.39. The molecule has 1 rings (SSSR count). The van der Waals surface area contributed by atoms with Crippen molar-refractivity contribution in [3.8, 4) is 0 Å². The Morgan fingerprint density at radius 2 is 1.79 bits per heavy atom. The molecule has 4 atom stereocenters. The summed E-state index contributed by atoms with van der Waals surface area (Å²) in [7, 11) is 6.87. The summed E-state index contributed by atoms with van der Waals surface area (Å²) >= 11 is 0. The van der Waals surface area contributed by atoms with Crippen LogP contribution in [-0.4, -0.2) is 106 Å². The Morgan fingerprint density at radius 3 is 2.50 bits per heavy atom. The minimum Gasteiger partial charge on any atom is -0.385 e. The molecule has 1 aliphatic heterocycles. The van der Waals surface area contributed by atoms with Crippen molar-refractivity contribution in [1.29, 1.82) is 0 Å². The third-order valence-electron chi connectivity index (χ3n) is 4.43. The van der Waals surface area contributed by atoms with Gasteiger partial charge in [0.2, 0.25) is 5.91 Å². The molecular weight excluding hydrogens is 369 g/mol. The van der Waals surface area contributed by atoms with Gasteiger partial charge in [0.05, 0.1) is 32.4 Å². The van der Waals surface area contributed by atoms with E-state index in [1.54, 1.807) is 21.3 Å². The molecule has 0 aliphatic carbocycles. The van der Waals surface area contributed by atoms with E-state index in [4.69, 9.17) is 33.2 Å². The van der Waals surface area contributed by atoms with E-state index in [1.165, 1.54) is 0 Å². The number of ether oxygens (including phenoxy) is 7. The van der Waals surface area contributed by atoms with Gasteiger partial charge in [0, 0.05) is 40.9 Å². The van der Waals surface area contributed by atoms with Crippen LogP contribution in [0.3, 0.4) is 0 Å². The Hall–Kier alpha value is -0.745. The van der Waals surface area contributed by atoms with Crippen molar-refractivity contribution in [3.63, 3.8) is 0 Å². The quantitative estimate of drug-likeness (QED) is 0.193. The maximum absolute atomic E-state index is 11.6. The van der Waals surface area contributed by atoms with E-state index in [9.17, 15) is 4.79 Å². The van der Waals surface area contributed by atoms with Crippen LogP contribution in [0.5, 0.6) is 0 Å². The molecule has 28 heavy (non-hydrogen) atoms. The highest BCUT2D eigenvalue weighted by molar-refractivity contribution is 6.11. The minimum absolute atomic E-state index is 0.0386. The minimum atomic E-state index is -0.204. The van der Waals surface area contributed by atoms with Crippen LogP contribution in [0.25, 0.3) is 0 Å². The van der Waals surface area contributed by atoms with Crippen LogP contribution in [0.2, 0.25) is 0 Å². The fraction of sp³-hybridized carbons (Fsp3) is 0.944. The van der Waals surface area contributed by atoms with Crippen LogP contribution in [0.15, 0.2) is 0 Å². The molecule has 1 aliphatic rings. The highest BCUT2D eigenvalue weighted by Gasteiger charge is 2.43. The van der Waals surface area contributed by atoms with Gasteiger partial charge < -0.3 is 38.5 Å². The average Bonchev–Trinajstić information content (AvgIpc) is 2.98. The second-order valence-electron chi connectivity index (χ2n) is 6.60. The van der Waals surface area contributed by atoms with Crippen molar-refractivity contribution in [1.82, 2.24) is 5.32 Å². The zero-order valence-corrected chi connectivity index (χ0v) is 17.6. The molecule has 1 N–H and O–H groups in total. The standard InChI is InChI=1S/C18H36BNO8/c1-22-8-5-4-6-15(21)20-7-9-25-10-11-26-13-27-17-16(24-3)14(12-23-2)28-18(17)19/h14,16-18H,4-13,19H2,1-3H3,(H,20,21). The summed E-state index contributed by atoms with van der Waals surface area (Å²) in [6, 6.07) is -0.0944. The predicted octanol–water partition coefficient (Wildman–Crippen LogP) is -0.685. The highest BCUT2D eigenvalue weighted by atomic mass is 16.7. The molecule has 0 aromatic rings. The molecule has 0 radical (unpaired) electrons. The Bertz CT molecular complexity index is 404. The fourth-order valence-corrected chi connectivity index (χ4v) is 3.01. The van der Waals surface area contributed by atoms with E-state index < -0.39 is 0 Å². The van der Waals surface area contributed by atoms with Gasteiger partial charge in [-0.05, 0) is 12.8 Å². The van der Waals surface area contributed by atoms with E-state index in [-0.39, 0.29) is 37.0 Å². The lowest BCUT2D eigenvalue weighted by molar-refractivity contribution is -0.130. The van der Waals surface area contributed by atoms with Crippen LogP contribution in [0, 0.1) is 0 Å². The molecule has 0 bridgehead atoms. The van der Waals surface area contributed by atoms with E-state index >= 15 is 0 Å². The van der Waals surface area contributed by atoms with E-state index in [0.717, 1.165) is 12.8 Å². The second kappa shape index (κ2) is 16.1. The normalized spacial score (nSPS) is 24.5. The van der Waals surface area contributed by atoms with Gasteiger partial charge in [-0.1, -0.05) is 0 Å². The number of carbonyl (C=O) groups is 1. The second-order valence-corrected chi connectivity index (χ2v) is 6.60. The first-order chi connectivity index (χ1) is 13.6. The maximum atomic E-state index is 11.6. The smallest absolute Gasteiger partial charge is 0.220 e. The van der Waals surface area contributed by atoms with Gasteiger partial charge in [-0.15, -0.1) is 0 Å². The number of hydrogen-bond donors (Lipinski definition) is 1. The highest BCUT2D eigenvalue weighted by Crippen LogP contribution is 2.24. The van der Waals surface area contributed by atoms with Gasteiger partial charge in [-0.25, -0.2) is 0 Å². The van der Waals surface area contributed by atoms with Gasteiger partial charge in [-0.3, -0.25) is 4.79 Å². The number of amides is 1. The maximum Gasteiger partial charge on any atom is 0.220 e. The van der Waals surface area contributed by atoms with E-state index in [2.05, 4.69) is 5.32 Å². The summed E-state index contributed by atoms with van der Waals surface area (Å²) < 4.78 is 38.0. The first kappa shape index (κ1) is 25.3. The molecule has 9 nitrogen and oxygen atoms in total. The predicted molar refractivity (Wildman–Crippen MR) is 105 cm³/mol. The van der Waals surface area contributed by atoms with Crippen LogP contribution in [-0.2, 0) is 38.0 Å². The fourth-order valence-electron chi connectivity index (χ4n) is 3.01. The van der Waals surface area contributed by atoms with Crippen LogP contribution >= 0.6 is 0 Å². The first-order valence-electron chi connectivity index (χ1n) is 9.84. The summed E-state index contributed by atoms with van der Waals surface area (Å²) in [6.45, 7) is 3.07. The monoisotopic (exact) mass is 405 g/mol. The molecular formula is C18H36BNO8. The van der Waals surface area contributed by atoms with Crippen LogP contribution in [0.1, 0.15) is 19.3 Å². The SMILES string of the molecule is BC1OC(COC)C(OC)C1OCOCCOCCNC(=O)CCCCOC. The zero-order valence-electron chi connectivity index (χ0n) is 17.6. The molecule has 164 valence electrons. The van der Waals surface area contributed by atoms with Crippen molar-refractivity contribution >= 4 is 13.8 Å². The number of carbonyl (C=O) groups excluding carboxylic acids is 1. The molecule has 1 fully saturated rings. The van der Waals surface area contributed by atoms with Crippen LogP contribution in [0.4, 0.5) is 0 Å². The Labute approximate surface area is 169 Å². The van der Waals surface area contributed by atoms with Gasteiger partial charge in [0.25, 0.3) is 0 Å². The molecule has 1 amide bonds. The summed E-state index contributed by atoms with van der Waals surface area (Å²) in [4.78, 5) is 11.6. The van der Waals surface area contributed by atoms with Gasteiger partial charge in [0.1, 0.15) is 33.0 Å². The number of unbranched alkanes of at least 4 members (excludes halogenated alkanes) is 1. The molecule has 0 spiro atoms. The van der Waals surface area contributed by atoms with Crippen molar-refractivity contribution in [2.24, 2.45) is 0 Å². The zero-order chi connectivity index (χ0) is 20.6. The van der Waals surface area contributed by atoms with Gasteiger partial charge in [-0.2, -0.15) is 0 Å². The molecule has 0 aromatic heterocycles. The van der Waals surface area contributed by atoms with Crippen molar-refractivity contribution in [2.75, 3.05) is 67.7 Å². The molecule has 1 saturated heterocycles. The van der Waals surface area contributed by atoms with Gasteiger partial charge in [0.15, 0.2) is 0 Å². The number of hydrogen-bond acceptors (Lipinski definition) is 8. The molecule has 1 heterocycles. The third kappa shape index (κ3) is 10.2. The first-order valence-corrected chi connectivity index (χ1v) is 9.84. The van der Waals surface area contributed by atoms with E-state index in [1.807, 2.05) is 7.85 Å². The summed E-state index contributed by atoms with van der Waals surface area (Å²) in [6.07, 6.45) is 1.70. The van der Waals surface area contributed by atoms with Gasteiger partial charge >= 0.3 is 0 Å². The summed E-state index contributed by atoms with van der Waals surface area (Å²) in [5.74, 6) is 0.0386. The Morgan fingerprint density at radius 1 is 1.00 bits per heavy atom. The molecule has 10 heteroatoms. The Kier molecular flexibility index (Phi) is 14.5. The van der Waals surface area contributed by atoms with Crippen molar-refractivity contribution in [3.05, 3.63) is 0 Å². The third-order valence-corrected chi connectivity index (χ3v) is 4.43. The summed E-state index contributed by atoms with van der Waals surface area (Å²) in [5.41, 5.74) is 0. The Balaban J connectivity index is 1.98. The lowest BCUT2D eigenvalue weighted by atomic mass is 9.93. The topological polar surface area (TPSA) is 93.7 Å². The molecule has 0 saturated carbocycles. The summed E-state index contributed by atoms with van der Waals surface area (Å²) in [5, 5.41) is 2.82.